The number of hydrogen-bond donors (Lipinski definition) is 2. The van der Waals surface area contributed by atoms with Gasteiger partial charge in [0, 0.05) is 0 Å². The van der Waals surface area contributed by atoms with Gasteiger partial charge in [-0.25, -0.2) is 0 Å². The Morgan fingerprint density at radius 1 is 1.45 bits per heavy atom. The van der Waals surface area contributed by atoms with Gasteiger partial charge in [-0.3, -0.25) is 9.89 Å². The normalized spacial score (nSPS) is 10.9. The highest BCUT2D eigenvalue weighted by molar-refractivity contribution is 9.10. The Balaban J connectivity index is 2.87. The van der Waals surface area contributed by atoms with Crippen LogP contribution in [0.4, 0.5) is 0 Å². The van der Waals surface area contributed by atoms with E-state index < -0.39 is 0 Å². The van der Waals surface area contributed by atoms with E-state index in [0.29, 0.717) is 10.4 Å². The van der Waals surface area contributed by atoms with E-state index in [1.54, 1.807) is 0 Å². The van der Waals surface area contributed by atoms with Gasteiger partial charge in [0.05, 0.1) is 5.69 Å². The highest BCUT2D eigenvalue weighted by Crippen LogP contribution is 2.12. The quantitative estimate of drug-likeness (QED) is 0.780. The molecule has 0 atom stereocenters. The van der Waals surface area contributed by atoms with Gasteiger partial charge in [0.1, 0.15) is 4.47 Å². The zero-order valence-electron chi connectivity index (χ0n) is 6.57. The van der Waals surface area contributed by atoms with E-state index in [1.165, 1.54) is 0 Å². The average molecular weight is 219 g/mol. The van der Waals surface area contributed by atoms with Gasteiger partial charge in [0.15, 0.2) is 0 Å². The highest BCUT2D eigenvalue weighted by atomic mass is 79.9. The molecule has 0 aliphatic rings. The van der Waals surface area contributed by atoms with Crippen LogP contribution in [0.25, 0.3) is 0 Å². The number of halogens is 1. The van der Waals surface area contributed by atoms with Crippen molar-refractivity contribution in [3.05, 3.63) is 20.5 Å². The summed E-state index contributed by atoms with van der Waals surface area (Å²) in [6.45, 7) is 4.22. The number of aromatic amines is 2. The first-order chi connectivity index (χ1) is 5.11. The zero-order valence-corrected chi connectivity index (χ0v) is 8.16. The summed E-state index contributed by atoms with van der Waals surface area (Å²) in [6.07, 6.45) is 0.888. The summed E-state index contributed by atoms with van der Waals surface area (Å²) in [5.41, 5.74) is 0.866. The molecule has 3 nitrogen and oxygen atoms in total. The van der Waals surface area contributed by atoms with Crippen molar-refractivity contribution in [3.63, 3.8) is 0 Å². The molecule has 0 aliphatic heterocycles. The second-order valence-corrected chi connectivity index (χ2v) is 3.76. The van der Waals surface area contributed by atoms with Crippen LogP contribution in [0, 0.1) is 5.92 Å². The van der Waals surface area contributed by atoms with Gasteiger partial charge in [-0.15, -0.1) is 0 Å². The second kappa shape index (κ2) is 3.26. The molecular weight excluding hydrogens is 208 g/mol. The summed E-state index contributed by atoms with van der Waals surface area (Å²) >= 11 is 3.20. The van der Waals surface area contributed by atoms with Crippen LogP contribution in [0.2, 0.25) is 0 Å². The van der Waals surface area contributed by atoms with Crippen molar-refractivity contribution in [2.24, 2.45) is 5.92 Å². The van der Waals surface area contributed by atoms with Crippen molar-refractivity contribution >= 4 is 15.9 Å². The van der Waals surface area contributed by atoms with Crippen LogP contribution in [-0.4, -0.2) is 10.2 Å². The molecule has 0 aliphatic carbocycles. The third-order valence-electron chi connectivity index (χ3n) is 1.40. The first-order valence-corrected chi connectivity index (χ1v) is 4.35. The van der Waals surface area contributed by atoms with Gasteiger partial charge in [0.2, 0.25) is 0 Å². The third kappa shape index (κ3) is 1.96. The summed E-state index contributed by atoms with van der Waals surface area (Å²) in [5, 5.41) is 5.34. The molecule has 11 heavy (non-hydrogen) atoms. The lowest BCUT2D eigenvalue weighted by atomic mass is 10.1. The highest BCUT2D eigenvalue weighted by Gasteiger charge is 2.06. The van der Waals surface area contributed by atoms with E-state index in [-0.39, 0.29) is 5.56 Å². The van der Waals surface area contributed by atoms with E-state index in [1.807, 2.05) is 0 Å². The minimum atomic E-state index is -0.0827. The maximum atomic E-state index is 10.9. The van der Waals surface area contributed by atoms with Gasteiger partial charge in [-0.1, -0.05) is 13.8 Å². The predicted molar refractivity (Wildman–Crippen MR) is 47.7 cm³/mol. The molecule has 4 heteroatoms. The average Bonchev–Trinajstić information content (AvgIpc) is 2.18. The lowest BCUT2D eigenvalue weighted by Gasteiger charge is -2.00. The van der Waals surface area contributed by atoms with Gasteiger partial charge >= 0.3 is 0 Å². The third-order valence-corrected chi connectivity index (χ3v) is 2.24. The Bertz CT molecular complexity index is 287. The van der Waals surface area contributed by atoms with Gasteiger partial charge < -0.3 is 5.10 Å². The maximum absolute atomic E-state index is 10.9. The van der Waals surface area contributed by atoms with Crippen LogP contribution in [-0.2, 0) is 6.42 Å². The van der Waals surface area contributed by atoms with Crippen LogP contribution in [0.15, 0.2) is 9.27 Å². The maximum Gasteiger partial charge on any atom is 0.278 e. The second-order valence-electron chi connectivity index (χ2n) is 2.97. The fourth-order valence-corrected chi connectivity index (χ4v) is 1.29. The number of nitrogens with one attached hydrogen (secondary N) is 2. The fourth-order valence-electron chi connectivity index (χ4n) is 0.928. The molecule has 1 rings (SSSR count). The molecule has 1 aromatic heterocycles. The van der Waals surface area contributed by atoms with Crippen LogP contribution >= 0.6 is 15.9 Å². The van der Waals surface area contributed by atoms with E-state index >= 15 is 0 Å². The lowest BCUT2D eigenvalue weighted by molar-refractivity contribution is 0.632. The van der Waals surface area contributed by atoms with Crippen molar-refractivity contribution in [2.75, 3.05) is 0 Å². The first-order valence-electron chi connectivity index (χ1n) is 3.56. The van der Waals surface area contributed by atoms with Crippen molar-refractivity contribution in [1.82, 2.24) is 10.2 Å². The molecular formula is C7H11BrN2O. The Morgan fingerprint density at radius 2 is 2.09 bits per heavy atom. The van der Waals surface area contributed by atoms with E-state index in [0.717, 1.165) is 12.1 Å². The van der Waals surface area contributed by atoms with Gasteiger partial charge in [-0.2, -0.15) is 0 Å². The summed E-state index contributed by atoms with van der Waals surface area (Å²) in [5.74, 6) is 0.553. The Hall–Kier alpha value is -0.510. The number of rotatable bonds is 2. The molecule has 0 bridgehead atoms. The Labute approximate surface area is 73.3 Å². The summed E-state index contributed by atoms with van der Waals surface area (Å²) in [4.78, 5) is 10.9. The van der Waals surface area contributed by atoms with Gasteiger partial charge in [0.25, 0.3) is 5.56 Å². The molecule has 0 fully saturated rings. The van der Waals surface area contributed by atoms with Crippen LogP contribution in [0.1, 0.15) is 19.5 Å². The van der Waals surface area contributed by atoms with Gasteiger partial charge in [-0.05, 0) is 28.3 Å². The summed E-state index contributed by atoms with van der Waals surface area (Å²) in [6, 6.07) is 0. The largest absolute Gasteiger partial charge is 0.301 e. The van der Waals surface area contributed by atoms with Crippen LogP contribution < -0.4 is 5.56 Å². The predicted octanol–water partition coefficient (Wildman–Crippen LogP) is 1.66. The van der Waals surface area contributed by atoms with Crippen LogP contribution in [0.5, 0.6) is 0 Å². The van der Waals surface area contributed by atoms with Crippen molar-refractivity contribution in [1.29, 1.82) is 0 Å². The number of H-pyrrole nitrogens is 2. The lowest BCUT2D eigenvalue weighted by Crippen LogP contribution is -1.99. The van der Waals surface area contributed by atoms with E-state index in [2.05, 4.69) is 40.0 Å². The first kappa shape index (κ1) is 8.59. The molecule has 1 aromatic rings. The standard InChI is InChI=1S/C7H11BrN2O/c1-4(2)3-5-6(8)7(11)10-9-5/h4H,3H2,1-2H3,(H2,9,10,11). The number of hydrogen-bond acceptors (Lipinski definition) is 1. The smallest absolute Gasteiger partial charge is 0.278 e. The van der Waals surface area contributed by atoms with Crippen molar-refractivity contribution in [3.8, 4) is 0 Å². The van der Waals surface area contributed by atoms with Crippen molar-refractivity contribution in [2.45, 2.75) is 20.3 Å². The molecule has 62 valence electrons. The Kier molecular flexibility index (Phi) is 2.54. The molecule has 2 N–H and O–H groups in total. The topological polar surface area (TPSA) is 48.6 Å². The molecule has 1 heterocycles. The molecule has 0 amide bonds. The molecule has 0 unspecified atom stereocenters. The SMILES string of the molecule is CC(C)Cc1[nH][nH]c(=O)c1Br. The molecule has 0 aromatic carbocycles. The van der Waals surface area contributed by atoms with E-state index in [4.69, 9.17) is 0 Å². The van der Waals surface area contributed by atoms with Crippen molar-refractivity contribution < 1.29 is 0 Å². The minimum absolute atomic E-state index is 0.0827. The molecule has 0 spiro atoms. The minimum Gasteiger partial charge on any atom is -0.301 e. The molecule has 0 saturated carbocycles. The zero-order chi connectivity index (χ0) is 8.43. The summed E-state index contributed by atoms with van der Waals surface area (Å²) in [7, 11) is 0. The van der Waals surface area contributed by atoms with Crippen LogP contribution in [0.3, 0.4) is 0 Å². The number of aromatic nitrogens is 2. The van der Waals surface area contributed by atoms with E-state index in [9.17, 15) is 4.79 Å². The fraction of sp³-hybridized carbons (Fsp3) is 0.571. The monoisotopic (exact) mass is 218 g/mol. The molecule has 0 saturated heterocycles. The Morgan fingerprint density at radius 3 is 2.45 bits per heavy atom. The molecule has 0 radical (unpaired) electrons. The summed E-state index contributed by atoms with van der Waals surface area (Å²) < 4.78 is 0.631.